The van der Waals surface area contributed by atoms with Gasteiger partial charge in [0.1, 0.15) is 0 Å². The highest BCUT2D eigenvalue weighted by Crippen LogP contribution is 2.40. The second kappa shape index (κ2) is 5.47. The van der Waals surface area contributed by atoms with Crippen molar-refractivity contribution < 1.29 is 14.3 Å². The summed E-state index contributed by atoms with van der Waals surface area (Å²) in [5.74, 6) is 6.60. The number of rotatable bonds is 3. The summed E-state index contributed by atoms with van der Waals surface area (Å²) < 4.78 is 12.6. The third-order valence-electron chi connectivity index (χ3n) is 2.80. The van der Waals surface area contributed by atoms with Crippen molar-refractivity contribution in [3.8, 4) is 11.5 Å². The monoisotopic (exact) mass is 315 g/mol. The van der Waals surface area contributed by atoms with Gasteiger partial charge in [-0.3, -0.25) is 0 Å². The van der Waals surface area contributed by atoms with Gasteiger partial charge in [-0.1, -0.05) is 13.8 Å². The first-order valence-corrected chi connectivity index (χ1v) is 6.71. The second-order valence-electron chi connectivity index (χ2n) is 5.27. The molecule has 1 heterocycles. The van der Waals surface area contributed by atoms with Crippen LogP contribution in [0, 0.1) is 5.41 Å². The van der Waals surface area contributed by atoms with Gasteiger partial charge in [0.2, 0.25) is 0 Å². The molecule has 0 spiro atoms. The first kappa shape index (κ1) is 13.6. The Labute approximate surface area is 115 Å². The van der Waals surface area contributed by atoms with Gasteiger partial charge in [0.05, 0.1) is 24.3 Å². The topological polar surface area (TPSA) is 53.7 Å². The van der Waals surface area contributed by atoms with Crippen LogP contribution in [-0.2, 0) is 11.3 Å². The van der Waals surface area contributed by atoms with Crippen LogP contribution in [0.25, 0.3) is 0 Å². The van der Waals surface area contributed by atoms with Gasteiger partial charge < -0.3 is 14.3 Å². The number of benzene rings is 1. The Kier molecular flexibility index (Phi) is 4.14. The van der Waals surface area contributed by atoms with Gasteiger partial charge in [-0.05, 0) is 40.0 Å². The fourth-order valence-corrected chi connectivity index (χ4v) is 2.38. The predicted molar refractivity (Wildman–Crippen MR) is 72.8 cm³/mol. The standard InChI is InChI=1S/C13H18BrNO3/c1-13(2)7-16-11-6-9(3-4-18-15)5-10(14)12(11)17-8-13/h5-6H,3-4,7-8,15H2,1-2H3. The Balaban J connectivity index is 2.25. The Morgan fingerprint density at radius 1 is 1.33 bits per heavy atom. The SMILES string of the molecule is CC1(C)COc2cc(CCON)cc(Br)c2OC1. The zero-order valence-electron chi connectivity index (χ0n) is 10.7. The lowest BCUT2D eigenvalue weighted by molar-refractivity contribution is 0.139. The Bertz CT molecular complexity index is 434. The van der Waals surface area contributed by atoms with E-state index in [1.807, 2.05) is 12.1 Å². The molecule has 100 valence electrons. The van der Waals surface area contributed by atoms with E-state index in [2.05, 4.69) is 34.6 Å². The van der Waals surface area contributed by atoms with E-state index in [1.54, 1.807) is 0 Å². The van der Waals surface area contributed by atoms with Crippen LogP contribution in [-0.4, -0.2) is 19.8 Å². The van der Waals surface area contributed by atoms with Crippen LogP contribution in [0.2, 0.25) is 0 Å². The fourth-order valence-electron chi connectivity index (χ4n) is 1.77. The van der Waals surface area contributed by atoms with Crippen molar-refractivity contribution in [2.75, 3.05) is 19.8 Å². The number of fused-ring (bicyclic) bond motifs is 1. The van der Waals surface area contributed by atoms with Crippen LogP contribution >= 0.6 is 15.9 Å². The van der Waals surface area contributed by atoms with E-state index >= 15 is 0 Å². The minimum Gasteiger partial charge on any atom is -0.489 e. The molecule has 2 N–H and O–H groups in total. The van der Waals surface area contributed by atoms with Gasteiger partial charge in [-0.15, -0.1) is 0 Å². The summed E-state index contributed by atoms with van der Waals surface area (Å²) in [6.07, 6.45) is 0.745. The summed E-state index contributed by atoms with van der Waals surface area (Å²) >= 11 is 3.52. The molecule has 0 saturated carbocycles. The minimum atomic E-state index is 0.0129. The summed E-state index contributed by atoms with van der Waals surface area (Å²) in [6.45, 7) is 6.01. The van der Waals surface area contributed by atoms with Gasteiger partial charge in [-0.2, -0.15) is 0 Å². The molecule has 0 atom stereocenters. The predicted octanol–water partition coefficient (Wildman–Crippen LogP) is 2.68. The van der Waals surface area contributed by atoms with Crippen molar-refractivity contribution in [3.63, 3.8) is 0 Å². The second-order valence-corrected chi connectivity index (χ2v) is 6.12. The first-order chi connectivity index (χ1) is 8.52. The molecule has 0 radical (unpaired) electrons. The Hall–Kier alpha value is -0.780. The molecule has 0 aliphatic carbocycles. The largest absolute Gasteiger partial charge is 0.489 e. The smallest absolute Gasteiger partial charge is 0.175 e. The molecule has 0 fully saturated rings. The van der Waals surface area contributed by atoms with Crippen LogP contribution in [0.5, 0.6) is 11.5 Å². The zero-order valence-corrected chi connectivity index (χ0v) is 12.2. The third kappa shape index (κ3) is 3.16. The van der Waals surface area contributed by atoms with E-state index in [4.69, 9.17) is 15.4 Å². The molecule has 1 aromatic rings. The lowest BCUT2D eigenvalue weighted by atomic mass is 9.97. The molecule has 1 aliphatic rings. The highest BCUT2D eigenvalue weighted by atomic mass is 79.9. The van der Waals surface area contributed by atoms with Crippen molar-refractivity contribution in [2.45, 2.75) is 20.3 Å². The average molecular weight is 316 g/mol. The average Bonchev–Trinajstić information content (AvgIpc) is 2.46. The van der Waals surface area contributed by atoms with E-state index in [0.29, 0.717) is 19.8 Å². The normalized spacial score (nSPS) is 17.3. The van der Waals surface area contributed by atoms with Crippen LogP contribution in [0.4, 0.5) is 0 Å². The number of hydrogen-bond donors (Lipinski definition) is 1. The van der Waals surface area contributed by atoms with Gasteiger partial charge in [0, 0.05) is 5.41 Å². The summed E-state index contributed by atoms with van der Waals surface area (Å²) in [6, 6.07) is 4.00. The highest BCUT2D eigenvalue weighted by Gasteiger charge is 2.26. The number of halogens is 1. The van der Waals surface area contributed by atoms with Crippen LogP contribution < -0.4 is 15.4 Å². The van der Waals surface area contributed by atoms with Crippen LogP contribution in [0.3, 0.4) is 0 Å². The van der Waals surface area contributed by atoms with Gasteiger partial charge in [0.25, 0.3) is 0 Å². The molecular formula is C13H18BrNO3. The van der Waals surface area contributed by atoms with E-state index in [9.17, 15) is 0 Å². The maximum absolute atomic E-state index is 5.84. The number of hydrogen-bond acceptors (Lipinski definition) is 4. The quantitative estimate of drug-likeness (QED) is 0.871. The van der Waals surface area contributed by atoms with E-state index < -0.39 is 0 Å². The molecule has 18 heavy (non-hydrogen) atoms. The summed E-state index contributed by atoms with van der Waals surface area (Å²) in [4.78, 5) is 4.60. The van der Waals surface area contributed by atoms with Crippen molar-refractivity contribution in [1.29, 1.82) is 0 Å². The molecule has 4 nitrogen and oxygen atoms in total. The molecule has 2 rings (SSSR count). The van der Waals surface area contributed by atoms with Crippen molar-refractivity contribution >= 4 is 15.9 Å². The summed E-state index contributed by atoms with van der Waals surface area (Å²) in [7, 11) is 0. The Morgan fingerprint density at radius 2 is 2.06 bits per heavy atom. The molecule has 0 unspecified atom stereocenters. The van der Waals surface area contributed by atoms with Crippen LogP contribution in [0.15, 0.2) is 16.6 Å². The Morgan fingerprint density at radius 3 is 2.78 bits per heavy atom. The molecule has 0 saturated heterocycles. The minimum absolute atomic E-state index is 0.0129. The highest BCUT2D eigenvalue weighted by molar-refractivity contribution is 9.10. The molecule has 1 aliphatic heterocycles. The third-order valence-corrected chi connectivity index (χ3v) is 3.39. The van der Waals surface area contributed by atoms with Crippen molar-refractivity contribution in [2.24, 2.45) is 11.3 Å². The molecule has 0 bridgehead atoms. The van der Waals surface area contributed by atoms with Gasteiger partial charge in [0.15, 0.2) is 11.5 Å². The van der Waals surface area contributed by atoms with Crippen molar-refractivity contribution in [1.82, 2.24) is 0 Å². The molecule has 0 aromatic heterocycles. The lowest BCUT2D eigenvalue weighted by Gasteiger charge is -2.19. The van der Waals surface area contributed by atoms with Crippen LogP contribution in [0.1, 0.15) is 19.4 Å². The van der Waals surface area contributed by atoms with Gasteiger partial charge in [-0.25, -0.2) is 5.90 Å². The maximum atomic E-state index is 5.84. The summed E-state index contributed by atoms with van der Waals surface area (Å²) in [5.41, 5.74) is 1.12. The summed E-state index contributed by atoms with van der Waals surface area (Å²) in [5, 5.41) is 0. The lowest BCUT2D eigenvalue weighted by Crippen LogP contribution is -2.26. The van der Waals surface area contributed by atoms with E-state index in [-0.39, 0.29) is 5.41 Å². The first-order valence-electron chi connectivity index (χ1n) is 5.91. The number of ether oxygens (including phenoxy) is 2. The molecule has 0 amide bonds. The van der Waals surface area contributed by atoms with E-state index in [0.717, 1.165) is 28.0 Å². The maximum Gasteiger partial charge on any atom is 0.175 e. The van der Waals surface area contributed by atoms with Crippen molar-refractivity contribution in [3.05, 3.63) is 22.2 Å². The molecular weight excluding hydrogens is 298 g/mol. The molecule has 1 aromatic carbocycles. The fraction of sp³-hybridized carbons (Fsp3) is 0.538. The van der Waals surface area contributed by atoms with E-state index in [1.165, 1.54) is 0 Å². The zero-order chi connectivity index (χ0) is 13.2. The number of nitrogens with two attached hydrogens (primary N) is 1. The van der Waals surface area contributed by atoms with Gasteiger partial charge >= 0.3 is 0 Å². The molecule has 5 heteroatoms.